The Labute approximate surface area is 161 Å². The van der Waals surface area contributed by atoms with E-state index in [1.807, 2.05) is 22.8 Å². The maximum absolute atomic E-state index is 12.6. The number of amides is 1. The van der Waals surface area contributed by atoms with Crippen molar-refractivity contribution in [2.45, 2.75) is 50.2 Å². The molecule has 3 aromatic rings. The van der Waals surface area contributed by atoms with Crippen molar-refractivity contribution in [1.82, 2.24) is 34.8 Å². The summed E-state index contributed by atoms with van der Waals surface area (Å²) >= 11 is 0. The lowest BCUT2D eigenvalue weighted by atomic mass is 9.93. The first-order valence-corrected chi connectivity index (χ1v) is 9.98. The van der Waals surface area contributed by atoms with Crippen LogP contribution >= 0.6 is 0 Å². The third-order valence-electron chi connectivity index (χ3n) is 6.49. The first kappa shape index (κ1) is 16.0. The molecule has 3 aromatic heterocycles. The van der Waals surface area contributed by atoms with E-state index >= 15 is 0 Å². The predicted octanol–water partition coefficient (Wildman–Crippen LogP) is 1.75. The van der Waals surface area contributed by atoms with Gasteiger partial charge >= 0.3 is 0 Å². The summed E-state index contributed by atoms with van der Waals surface area (Å²) < 4.78 is 2.04. The summed E-state index contributed by atoms with van der Waals surface area (Å²) in [5.41, 5.74) is 3.32. The number of likely N-dealkylation sites (tertiary alicyclic amines) is 1. The second-order valence-corrected chi connectivity index (χ2v) is 8.17. The minimum atomic E-state index is -0.155. The number of H-pyrrole nitrogens is 1. The van der Waals surface area contributed by atoms with Crippen LogP contribution in [0.25, 0.3) is 22.3 Å². The van der Waals surface area contributed by atoms with Gasteiger partial charge in [0.05, 0.1) is 24.5 Å². The smallest absolute Gasteiger partial charge is 0.245 e. The topological polar surface area (TPSA) is 95.8 Å². The fourth-order valence-corrected chi connectivity index (χ4v) is 4.71. The summed E-state index contributed by atoms with van der Waals surface area (Å²) in [7, 11) is 1.88. The van der Waals surface area contributed by atoms with Gasteiger partial charge in [0.25, 0.3) is 0 Å². The normalized spacial score (nSPS) is 25.0. The van der Waals surface area contributed by atoms with Gasteiger partial charge in [-0.2, -0.15) is 10.2 Å². The summed E-state index contributed by atoms with van der Waals surface area (Å²) in [6.45, 7) is 0.725. The van der Waals surface area contributed by atoms with Gasteiger partial charge in [0, 0.05) is 25.4 Å². The monoisotopic (exact) mass is 378 g/mol. The number of fused-ring (bicyclic) bond motifs is 3. The van der Waals surface area contributed by atoms with Gasteiger partial charge in [-0.15, -0.1) is 0 Å². The van der Waals surface area contributed by atoms with Crippen LogP contribution in [-0.2, 0) is 4.79 Å². The van der Waals surface area contributed by atoms with E-state index in [0.717, 1.165) is 41.7 Å². The molecule has 1 saturated carbocycles. The second-order valence-electron chi connectivity index (χ2n) is 8.17. The highest BCUT2D eigenvalue weighted by Crippen LogP contribution is 2.35. The molecule has 1 aliphatic carbocycles. The minimum Gasteiger partial charge on any atom is -0.342 e. The molecule has 144 valence electrons. The highest BCUT2D eigenvalue weighted by Gasteiger charge is 2.45. The molecule has 2 atom stereocenters. The molecule has 5 heterocycles. The highest BCUT2D eigenvalue weighted by molar-refractivity contribution is 5.91. The van der Waals surface area contributed by atoms with E-state index in [9.17, 15) is 4.79 Å². The number of carbonyl (C=O) groups is 1. The molecule has 1 amide bonds. The van der Waals surface area contributed by atoms with E-state index in [2.05, 4.69) is 31.4 Å². The van der Waals surface area contributed by atoms with E-state index in [0.29, 0.717) is 12.0 Å². The molecular weight excluding hydrogens is 356 g/mol. The Kier molecular flexibility index (Phi) is 3.30. The standard InChI is InChI=1S/C19H22N8O/c1-25-10-13-5-6-15(18(25)28)27(13)19-20-8-14-17(22-19)16(24-23-14)11-7-21-26(9-11)12-3-2-4-12/h7-9,12-13,15H,2-6,10H2,1H3,(H,23,24). The van der Waals surface area contributed by atoms with Gasteiger partial charge in [0.15, 0.2) is 0 Å². The number of nitrogens with one attached hydrogen (secondary N) is 1. The number of likely N-dealkylation sites (N-methyl/N-ethyl adjacent to an activating group) is 1. The highest BCUT2D eigenvalue weighted by atomic mass is 16.2. The quantitative estimate of drug-likeness (QED) is 0.746. The summed E-state index contributed by atoms with van der Waals surface area (Å²) in [5, 5.41) is 12.0. The van der Waals surface area contributed by atoms with Crippen LogP contribution in [0.3, 0.4) is 0 Å². The SMILES string of the molecule is CN1CC2CCC(C1=O)N2c1ncc2[nH]nc(-c3cnn(C4CCC4)c3)c2n1. The fraction of sp³-hybridized carbons (Fsp3) is 0.526. The Hall–Kier alpha value is -2.97. The third-order valence-corrected chi connectivity index (χ3v) is 6.49. The molecule has 2 bridgehead atoms. The summed E-state index contributed by atoms with van der Waals surface area (Å²) in [6, 6.07) is 0.635. The molecule has 2 unspecified atom stereocenters. The molecule has 0 radical (unpaired) electrons. The van der Waals surface area contributed by atoms with Crippen molar-refractivity contribution in [3.63, 3.8) is 0 Å². The minimum absolute atomic E-state index is 0.155. The van der Waals surface area contributed by atoms with Crippen LogP contribution in [0.15, 0.2) is 18.6 Å². The van der Waals surface area contributed by atoms with Crippen LogP contribution in [0.1, 0.15) is 38.1 Å². The van der Waals surface area contributed by atoms with Crippen molar-refractivity contribution in [3.8, 4) is 11.3 Å². The van der Waals surface area contributed by atoms with E-state index in [4.69, 9.17) is 4.98 Å². The van der Waals surface area contributed by atoms with Crippen molar-refractivity contribution in [3.05, 3.63) is 18.6 Å². The van der Waals surface area contributed by atoms with Crippen molar-refractivity contribution in [1.29, 1.82) is 0 Å². The molecule has 9 heteroatoms. The number of anilines is 1. The molecule has 2 saturated heterocycles. The number of piperazine rings is 1. The molecular formula is C19H22N8O. The molecule has 3 aliphatic rings. The lowest BCUT2D eigenvalue weighted by Gasteiger charge is -2.38. The van der Waals surface area contributed by atoms with Crippen LogP contribution < -0.4 is 4.90 Å². The van der Waals surface area contributed by atoms with Gasteiger partial charge in [-0.1, -0.05) is 0 Å². The van der Waals surface area contributed by atoms with Crippen LogP contribution in [0, 0.1) is 0 Å². The van der Waals surface area contributed by atoms with Crippen molar-refractivity contribution in [2.75, 3.05) is 18.5 Å². The zero-order valence-electron chi connectivity index (χ0n) is 15.7. The lowest BCUT2D eigenvalue weighted by molar-refractivity contribution is -0.132. The molecule has 6 rings (SSSR count). The molecule has 0 spiro atoms. The Morgan fingerprint density at radius 1 is 1.14 bits per heavy atom. The zero-order chi connectivity index (χ0) is 18.8. The predicted molar refractivity (Wildman–Crippen MR) is 103 cm³/mol. The third kappa shape index (κ3) is 2.22. The molecule has 1 N–H and O–H groups in total. The number of aromatic amines is 1. The summed E-state index contributed by atoms with van der Waals surface area (Å²) in [5.74, 6) is 0.780. The maximum atomic E-state index is 12.6. The van der Waals surface area contributed by atoms with Crippen molar-refractivity contribution < 1.29 is 4.79 Å². The molecule has 3 fully saturated rings. The fourth-order valence-electron chi connectivity index (χ4n) is 4.71. The van der Waals surface area contributed by atoms with Crippen molar-refractivity contribution in [2.24, 2.45) is 0 Å². The summed E-state index contributed by atoms with van der Waals surface area (Å²) in [6.07, 6.45) is 11.2. The number of aromatic nitrogens is 6. The Bertz CT molecular complexity index is 1070. The Morgan fingerprint density at radius 3 is 2.86 bits per heavy atom. The van der Waals surface area contributed by atoms with Crippen LogP contribution in [0.4, 0.5) is 5.95 Å². The first-order chi connectivity index (χ1) is 13.7. The van der Waals surface area contributed by atoms with E-state index in [1.165, 1.54) is 19.3 Å². The molecule has 2 aliphatic heterocycles. The van der Waals surface area contributed by atoms with Gasteiger partial charge in [-0.3, -0.25) is 14.6 Å². The van der Waals surface area contributed by atoms with Gasteiger partial charge in [0.2, 0.25) is 11.9 Å². The number of rotatable bonds is 3. The molecule has 9 nitrogen and oxygen atoms in total. The average molecular weight is 378 g/mol. The van der Waals surface area contributed by atoms with E-state index < -0.39 is 0 Å². The Morgan fingerprint density at radius 2 is 2.04 bits per heavy atom. The zero-order valence-corrected chi connectivity index (χ0v) is 15.7. The largest absolute Gasteiger partial charge is 0.342 e. The maximum Gasteiger partial charge on any atom is 0.245 e. The van der Waals surface area contributed by atoms with Crippen LogP contribution in [-0.4, -0.2) is 66.4 Å². The van der Waals surface area contributed by atoms with Gasteiger partial charge < -0.3 is 9.80 Å². The number of hydrogen-bond donors (Lipinski definition) is 1. The van der Waals surface area contributed by atoms with Crippen molar-refractivity contribution >= 4 is 22.9 Å². The van der Waals surface area contributed by atoms with E-state index in [1.54, 1.807) is 6.20 Å². The van der Waals surface area contributed by atoms with Crippen LogP contribution in [0.2, 0.25) is 0 Å². The number of hydrogen-bond acceptors (Lipinski definition) is 6. The van der Waals surface area contributed by atoms with Gasteiger partial charge in [-0.05, 0) is 32.1 Å². The first-order valence-electron chi connectivity index (χ1n) is 9.98. The van der Waals surface area contributed by atoms with E-state index in [-0.39, 0.29) is 18.0 Å². The molecule has 0 aromatic carbocycles. The number of nitrogens with zero attached hydrogens (tertiary/aromatic N) is 7. The Balaban J connectivity index is 1.39. The lowest BCUT2D eigenvalue weighted by Crippen LogP contribution is -2.56. The average Bonchev–Trinajstić information content (AvgIpc) is 3.34. The number of carbonyl (C=O) groups excluding carboxylic acids is 1. The van der Waals surface area contributed by atoms with Crippen LogP contribution in [0.5, 0.6) is 0 Å². The van der Waals surface area contributed by atoms with Gasteiger partial charge in [-0.25, -0.2) is 9.97 Å². The summed E-state index contributed by atoms with van der Waals surface area (Å²) in [4.78, 5) is 25.9. The molecule has 28 heavy (non-hydrogen) atoms. The second kappa shape index (κ2) is 5.76. The van der Waals surface area contributed by atoms with Gasteiger partial charge in [0.1, 0.15) is 22.8 Å².